The third-order valence-electron chi connectivity index (χ3n) is 4.46. The molecule has 0 radical (unpaired) electrons. The molecule has 0 aliphatic carbocycles. The first kappa shape index (κ1) is 20.7. The standard InChI is InChI=1S/C20H19FN2O5S/c1-13-9-15-11-17(29(22,26)27)6-7-18(15)23(13)19(24)12-28-20(25)8-5-14-3-2-4-16(21)10-14/h2-8,10-11,13H,9,12H2,1H3,(H2,22,26,27)/b8-5+. The minimum atomic E-state index is -3.84. The number of carbonyl (C=O) groups excluding carboxylic acids is 2. The fourth-order valence-corrected chi connectivity index (χ4v) is 3.75. The lowest BCUT2D eigenvalue weighted by atomic mass is 10.1. The van der Waals surface area contributed by atoms with E-state index in [1.54, 1.807) is 13.0 Å². The Morgan fingerprint density at radius 3 is 2.72 bits per heavy atom. The highest BCUT2D eigenvalue weighted by molar-refractivity contribution is 7.89. The van der Waals surface area contributed by atoms with Crippen LogP contribution in [0.1, 0.15) is 18.1 Å². The maximum absolute atomic E-state index is 13.1. The van der Waals surface area contributed by atoms with Gasteiger partial charge in [-0.2, -0.15) is 0 Å². The van der Waals surface area contributed by atoms with E-state index in [0.29, 0.717) is 23.2 Å². The minimum Gasteiger partial charge on any atom is -0.452 e. The van der Waals surface area contributed by atoms with Crippen LogP contribution < -0.4 is 10.0 Å². The molecule has 0 saturated carbocycles. The van der Waals surface area contributed by atoms with Crippen LogP contribution in [0.3, 0.4) is 0 Å². The third-order valence-corrected chi connectivity index (χ3v) is 5.37. The Labute approximate surface area is 167 Å². The number of benzene rings is 2. The molecule has 0 saturated heterocycles. The van der Waals surface area contributed by atoms with Crippen molar-refractivity contribution in [3.63, 3.8) is 0 Å². The first-order valence-corrected chi connectivity index (χ1v) is 10.3. The average Bonchev–Trinajstić information content (AvgIpc) is 2.98. The zero-order valence-corrected chi connectivity index (χ0v) is 16.4. The molecule has 1 atom stereocenters. The molecule has 1 unspecified atom stereocenters. The van der Waals surface area contributed by atoms with Gasteiger partial charge < -0.3 is 9.64 Å². The van der Waals surface area contributed by atoms with E-state index in [1.165, 1.54) is 47.4 Å². The summed E-state index contributed by atoms with van der Waals surface area (Å²) in [4.78, 5) is 25.8. The van der Waals surface area contributed by atoms with Crippen LogP contribution in [0.4, 0.5) is 10.1 Å². The van der Waals surface area contributed by atoms with Gasteiger partial charge >= 0.3 is 5.97 Å². The molecule has 0 fully saturated rings. The summed E-state index contributed by atoms with van der Waals surface area (Å²) in [6, 6.07) is 9.75. The fraction of sp³-hybridized carbons (Fsp3) is 0.200. The topological polar surface area (TPSA) is 107 Å². The number of ether oxygens (including phenoxy) is 1. The van der Waals surface area contributed by atoms with Gasteiger partial charge in [0, 0.05) is 17.8 Å². The van der Waals surface area contributed by atoms with Gasteiger partial charge in [-0.25, -0.2) is 22.7 Å². The minimum absolute atomic E-state index is 0.0216. The number of fused-ring (bicyclic) bond motifs is 1. The van der Waals surface area contributed by atoms with Crippen LogP contribution in [-0.4, -0.2) is 32.9 Å². The maximum atomic E-state index is 13.1. The summed E-state index contributed by atoms with van der Waals surface area (Å²) in [7, 11) is -3.84. The summed E-state index contributed by atoms with van der Waals surface area (Å²) in [5.74, 6) is -1.60. The SMILES string of the molecule is CC1Cc2cc(S(N)(=O)=O)ccc2N1C(=O)COC(=O)/C=C/c1cccc(F)c1. The Morgan fingerprint density at radius 1 is 1.28 bits per heavy atom. The van der Waals surface area contributed by atoms with Crippen molar-refractivity contribution in [2.75, 3.05) is 11.5 Å². The average molecular weight is 418 g/mol. The summed E-state index contributed by atoms with van der Waals surface area (Å²) in [5, 5.41) is 5.15. The van der Waals surface area contributed by atoms with Crippen LogP contribution in [0.25, 0.3) is 6.08 Å². The van der Waals surface area contributed by atoms with Crippen LogP contribution in [-0.2, 0) is 30.8 Å². The molecule has 1 heterocycles. The molecular weight excluding hydrogens is 399 g/mol. The van der Waals surface area contributed by atoms with Crippen molar-refractivity contribution in [1.29, 1.82) is 0 Å². The molecular formula is C20H19FN2O5S. The molecule has 2 aromatic rings. The van der Waals surface area contributed by atoms with Crippen molar-refractivity contribution in [1.82, 2.24) is 0 Å². The van der Waals surface area contributed by atoms with Gasteiger partial charge in [0.25, 0.3) is 5.91 Å². The number of carbonyl (C=O) groups is 2. The summed E-state index contributed by atoms with van der Waals surface area (Å²) in [6.45, 7) is 1.33. The van der Waals surface area contributed by atoms with Crippen molar-refractivity contribution >= 4 is 33.7 Å². The molecule has 7 nitrogen and oxygen atoms in total. The smallest absolute Gasteiger partial charge is 0.331 e. The van der Waals surface area contributed by atoms with Gasteiger partial charge in [-0.3, -0.25) is 4.79 Å². The molecule has 2 N–H and O–H groups in total. The van der Waals surface area contributed by atoms with E-state index >= 15 is 0 Å². The summed E-state index contributed by atoms with van der Waals surface area (Å²) >= 11 is 0. The predicted molar refractivity (Wildman–Crippen MR) is 105 cm³/mol. The Hall–Kier alpha value is -3.04. The Morgan fingerprint density at radius 2 is 2.03 bits per heavy atom. The number of hydrogen-bond acceptors (Lipinski definition) is 5. The highest BCUT2D eigenvalue weighted by Gasteiger charge is 2.32. The zero-order valence-electron chi connectivity index (χ0n) is 15.5. The molecule has 0 bridgehead atoms. The van der Waals surface area contributed by atoms with Gasteiger partial charge in [0.1, 0.15) is 5.82 Å². The highest BCUT2D eigenvalue weighted by Crippen LogP contribution is 2.33. The number of hydrogen-bond donors (Lipinski definition) is 1. The number of primary sulfonamides is 1. The first-order chi connectivity index (χ1) is 13.6. The largest absolute Gasteiger partial charge is 0.452 e. The lowest BCUT2D eigenvalue weighted by molar-refractivity contribution is -0.143. The first-order valence-electron chi connectivity index (χ1n) is 8.73. The molecule has 1 amide bonds. The van der Waals surface area contributed by atoms with Crippen LogP contribution in [0.5, 0.6) is 0 Å². The monoisotopic (exact) mass is 418 g/mol. The maximum Gasteiger partial charge on any atom is 0.331 e. The molecule has 29 heavy (non-hydrogen) atoms. The Balaban J connectivity index is 1.65. The molecule has 1 aliphatic rings. The second-order valence-electron chi connectivity index (χ2n) is 6.65. The summed E-state index contributed by atoms with van der Waals surface area (Å²) in [5.41, 5.74) is 1.72. The molecule has 0 aromatic heterocycles. The fourth-order valence-electron chi connectivity index (χ4n) is 3.19. The van der Waals surface area contributed by atoms with Gasteiger partial charge in [-0.05, 0) is 60.9 Å². The molecule has 152 valence electrons. The number of sulfonamides is 1. The van der Waals surface area contributed by atoms with Gasteiger partial charge in [-0.1, -0.05) is 12.1 Å². The van der Waals surface area contributed by atoms with E-state index in [2.05, 4.69) is 0 Å². The zero-order chi connectivity index (χ0) is 21.2. The van der Waals surface area contributed by atoms with E-state index < -0.39 is 34.3 Å². The Bertz CT molecular complexity index is 1100. The van der Waals surface area contributed by atoms with E-state index in [9.17, 15) is 22.4 Å². The van der Waals surface area contributed by atoms with E-state index in [1.807, 2.05) is 0 Å². The number of rotatable bonds is 5. The molecule has 1 aliphatic heterocycles. The summed E-state index contributed by atoms with van der Waals surface area (Å²) in [6.07, 6.45) is 2.96. The van der Waals surface area contributed by atoms with Gasteiger partial charge in [0.15, 0.2) is 6.61 Å². The van der Waals surface area contributed by atoms with E-state index in [0.717, 1.165) is 6.08 Å². The van der Waals surface area contributed by atoms with Gasteiger partial charge in [0.05, 0.1) is 4.90 Å². The van der Waals surface area contributed by atoms with Crippen LogP contribution in [0, 0.1) is 5.82 Å². The van der Waals surface area contributed by atoms with E-state index in [-0.39, 0.29) is 10.9 Å². The van der Waals surface area contributed by atoms with Crippen LogP contribution >= 0.6 is 0 Å². The van der Waals surface area contributed by atoms with E-state index in [4.69, 9.17) is 9.88 Å². The van der Waals surface area contributed by atoms with Crippen molar-refractivity contribution in [2.45, 2.75) is 24.3 Å². The number of halogens is 1. The third kappa shape index (κ3) is 4.87. The van der Waals surface area contributed by atoms with Crippen molar-refractivity contribution in [3.05, 3.63) is 65.5 Å². The van der Waals surface area contributed by atoms with Gasteiger partial charge in [-0.15, -0.1) is 0 Å². The second kappa shape index (κ2) is 8.14. The van der Waals surface area contributed by atoms with Crippen molar-refractivity contribution in [2.24, 2.45) is 5.14 Å². The van der Waals surface area contributed by atoms with Crippen LogP contribution in [0.15, 0.2) is 53.4 Å². The second-order valence-corrected chi connectivity index (χ2v) is 8.21. The lowest BCUT2D eigenvalue weighted by Crippen LogP contribution is -2.38. The number of anilines is 1. The molecule has 0 spiro atoms. The predicted octanol–water partition coefficient (Wildman–Crippen LogP) is 2.01. The van der Waals surface area contributed by atoms with Gasteiger partial charge in [0.2, 0.25) is 10.0 Å². The van der Waals surface area contributed by atoms with Crippen molar-refractivity contribution < 1.29 is 27.1 Å². The number of esters is 1. The highest BCUT2D eigenvalue weighted by atomic mass is 32.2. The number of amides is 1. The molecule has 2 aromatic carbocycles. The number of nitrogens with two attached hydrogens (primary N) is 1. The van der Waals surface area contributed by atoms with Crippen molar-refractivity contribution in [3.8, 4) is 0 Å². The molecule has 3 rings (SSSR count). The molecule has 9 heteroatoms. The lowest BCUT2D eigenvalue weighted by Gasteiger charge is -2.22. The van der Waals surface area contributed by atoms with Crippen LogP contribution in [0.2, 0.25) is 0 Å². The number of nitrogens with zero attached hydrogens (tertiary/aromatic N) is 1. The quantitative estimate of drug-likeness (QED) is 0.590. The normalized spacial score (nSPS) is 16.1. The Kier molecular flexibility index (Phi) is 5.81. The summed E-state index contributed by atoms with van der Waals surface area (Å²) < 4.78 is 41.1.